The minimum Gasteiger partial charge on any atom is -0.393 e. The average Bonchev–Trinajstić information content (AvgIpc) is 2.10. The summed E-state index contributed by atoms with van der Waals surface area (Å²) < 4.78 is 27.9. The number of nitrogens with two attached hydrogens (primary N) is 1. The highest BCUT2D eigenvalue weighted by Gasteiger charge is 2.08. The molecule has 0 aliphatic rings. The molecule has 1 atom stereocenters. The molecule has 0 rings (SSSR count). The monoisotopic (exact) mass is 254 g/mol. The van der Waals surface area contributed by atoms with Gasteiger partial charge in [-0.2, -0.15) is 0 Å². The minimum absolute atomic E-state index is 0.0179. The molecule has 94 valence electrons. The SMILES string of the molecule is CC(CC(N)=S)NC(=O)CCOCC(F)F. The van der Waals surface area contributed by atoms with Gasteiger partial charge in [0.05, 0.1) is 11.6 Å². The second-order valence-electron chi connectivity index (χ2n) is 3.35. The van der Waals surface area contributed by atoms with Crippen molar-refractivity contribution in [3.8, 4) is 0 Å². The molecule has 0 bridgehead atoms. The Bertz CT molecular complexity index is 240. The zero-order chi connectivity index (χ0) is 12.6. The second-order valence-corrected chi connectivity index (χ2v) is 3.88. The van der Waals surface area contributed by atoms with E-state index in [4.69, 9.17) is 5.73 Å². The van der Waals surface area contributed by atoms with Crippen LogP contribution in [0.25, 0.3) is 0 Å². The molecule has 1 unspecified atom stereocenters. The van der Waals surface area contributed by atoms with Crippen molar-refractivity contribution < 1.29 is 18.3 Å². The fraction of sp³-hybridized carbons (Fsp3) is 0.778. The highest BCUT2D eigenvalue weighted by Crippen LogP contribution is 1.95. The van der Waals surface area contributed by atoms with Gasteiger partial charge in [0.15, 0.2) is 0 Å². The lowest BCUT2D eigenvalue weighted by molar-refractivity contribution is -0.123. The maximum atomic E-state index is 11.7. The first kappa shape index (κ1) is 15.2. The molecule has 0 aromatic heterocycles. The fourth-order valence-corrected chi connectivity index (χ4v) is 1.29. The smallest absolute Gasteiger partial charge is 0.261 e. The second kappa shape index (κ2) is 8.35. The van der Waals surface area contributed by atoms with Crippen molar-refractivity contribution in [2.24, 2.45) is 5.73 Å². The Kier molecular flexibility index (Phi) is 7.92. The zero-order valence-corrected chi connectivity index (χ0v) is 9.86. The molecule has 0 radical (unpaired) electrons. The van der Waals surface area contributed by atoms with Crippen LogP contribution in [0, 0.1) is 0 Å². The van der Waals surface area contributed by atoms with Gasteiger partial charge in [0.25, 0.3) is 6.43 Å². The van der Waals surface area contributed by atoms with Gasteiger partial charge in [-0.05, 0) is 6.92 Å². The number of carbonyl (C=O) groups is 1. The Labute approximate surface area is 98.5 Å². The Hall–Kier alpha value is -0.820. The van der Waals surface area contributed by atoms with E-state index in [1.807, 2.05) is 0 Å². The quantitative estimate of drug-likeness (QED) is 0.497. The summed E-state index contributed by atoms with van der Waals surface area (Å²) in [6.07, 6.45) is -2.04. The summed E-state index contributed by atoms with van der Waals surface area (Å²) in [6.45, 7) is 1.10. The Balaban J connectivity index is 3.54. The third-order valence-electron chi connectivity index (χ3n) is 1.63. The van der Waals surface area contributed by atoms with E-state index in [0.29, 0.717) is 11.4 Å². The minimum atomic E-state index is -2.50. The van der Waals surface area contributed by atoms with Gasteiger partial charge < -0.3 is 15.8 Å². The molecule has 0 aliphatic heterocycles. The van der Waals surface area contributed by atoms with Gasteiger partial charge in [-0.1, -0.05) is 12.2 Å². The summed E-state index contributed by atoms with van der Waals surface area (Å²) in [5.74, 6) is -0.266. The molecule has 7 heteroatoms. The van der Waals surface area contributed by atoms with Crippen LogP contribution in [0.2, 0.25) is 0 Å². The molecule has 0 aromatic carbocycles. The first-order valence-corrected chi connectivity index (χ1v) is 5.26. The predicted octanol–water partition coefficient (Wildman–Crippen LogP) is 0.839. The van der Waals surface area contributed by atoms with E-state index in [-0.39, 0.29) is 25.0 Å². The third kappa shape index (κ3) is 9.72. The summed E-state index contributed by atoms with van der Waals surface area (Å²) in [6, 6.07) is -0.153. The summed E-state index contributed by atoms with van der Waals surface area (Å²) in [5, 5.41) is 2.63. The summed E-state index contributed by atoms with van der Waals surface area (Å²) in [7, 11) is 0. The van der Waals surface area contributed by atoms with E-state index in [1.165, 1.54) is 0 Å². The van der Waals surface area contributed by atoms with Crippen LogP contribution in [-0.4, -0.2) is 36.6 Å². The molecule has 3 N–H and O–H groups in total. The Morgan fingerprint density at radius 1 is 1.56 bits per heavy atom. The number of thiocarbonyl (C=S) groups is 1. The molecule has 1 amide bonds. The van der Waals surface area contributed by atoms with Crippen LogP contribution in [0.15, 0.2) is 0 Å². The van der Waals surface area contributed by atoms with Gasteiger partial charge in [0.2, 0.25) is 5.91 Å². The summed E-state index contributed by atoms with van der Waals surface area (Å²) in [5.41, 5.74) is 5.30. The number of hydrogen-bond acceptors (Lipinski definition) is 3. The van der Waals surface area contributed by atoms with E-state index in [2.05, 4.69) is 22.3 Å². The van der Waals surface area contributed by atoms with Crippen molar-refractivity contribution in [2.45, 2.75) is 32.2 Å². The summed E-state index contributed by atoms with van der Waals surface area (Å²) >= 11 is 4.68. The number of alkyl halides is 2. The van der Waals surface area contributed by atoms with Gasteiger partial charge in [-0.25, -0.2) is 8.78 Å². The van der Waals surface area contributed by atoms with Crippen LogP contribution in [0.3, 0.4) is 0 Å². The first-order valence-electron chi connectivity index (χ1n) is 4.85. The molecule has 0 fully saturated rings. The third-order valence-corrected chi connectivity index (χ3v) is 1.80. The number of nitrogens with one attached hydrogen (secondary N) is 1. The normalized spacial score (nSPS) is 12.5. The predicted molar refractivity (Wildman–Crippen MR) is 60.4 cm³/mol. The molecule has 0 aliphatic carbocycles. The van der Waals surface area contributed by atoms with Crippen molar-refractivity contribution in [3.63, 3.8) is 0 Å². The van der Waals surface area contributed by atoms with Crippen LogP contribution < -0.4 is 11.1 Å². The first-order chi connectivity index (χ1) is 7.41. The number of halogens is 2. The Morgan fingerprint density at radius 2 is 2.19 bits per heavy atom. The van der Waals surface area contributed by atoms with Crippen LogP contribution in [-0.2, 0) is 9.53 Å². The standard InChI is InChI=1S/C9H16F2N2O2S/c1-6(4-8(12)16)13-9(14)2-3-15-5-7(10)11/h6-7H,2-5H2,1H3,(H2,12,16)(H,13,14). The molecule has 16 heavy (non-hydrogen) atoms. The Morgan fingerprint density at radius 3 is 2.69 bits per heavy atom. The number of amides is 1. The molecular formula is C9H16F2N2O2S. The van der Waals surface area contributed by atoms with Crippen LogP contribution in [0.1, 0.15) is 19.8 Å². The average molecular weight is 254 g/mol. The van der Waals surface area contributed by atoms with E-state index < -0.39 is 13.0 Å². The van der Waals surface area contributed by atoms with Crippen molar-refractivity contribution in [1.82, 2.24) is 5.32 Å². The van der Waals surface area contributed by atoms with Gasteiger partial charge >= 0.3 is 0 Å². The van der Waals surface area contributed by atoms with Gasteiger partial charge in [-0.15, -0.1) is 0 Å². The molecule has 0 saturated heterocycles. The van der Waals surface area contributed by atoms with E-state index in [1.54, 1.807) is 6.92 Å². The van der Waals surface area contributed by atoms with E-state index in [0.717, 1.165) is 0 Å². The van der Waals surface area contributed by atoms with Crippen LogP contribution >= 0.6 is 12.2 Å². The lowest BCUT2D eigenvalue weighted by Crippen LogP contribution is -2.35. The number of rotatable bonds is 8. The van der Waals surface area contributed by atoms with Crippen LogP contribution in [0.5, 0.6) is 0 Å². The van der Waals surface area contributed by atoms with Crippen molar-refractivity contribution in [2.75, 3.05) is 13.2 Å². The summed E-state index contributed by atoms with van der Waals surface area (Å²) in [4.78, 5) is 11.5. The zero-order valence-electron chi connectivity index (χ0n) is 9.04. The molecule has 0 heterocycles. The van der Waals surface area contributed by atoms with Crippen molar-refractivity contribution >= 4 is 23.1 Å². The largest absolute Gasteiger partial charge is 0.393 e. The van der Waals surface area contributed by atoms with Gasteiger partial charge in [0.1, 0.15) is 6.61 Å². The molecule has 0 aromatic rings. The lowest BCUT2D eigenvalue weighted by atomic mass is 10.2. The highest BCUT2D eigenvalue weighted by molar-refractivity contribution is 7.80. The van der Waals surface area contributed by atoms with Gasteiger partial charge in [0, 0.05) is 18.9 Å². The fourth-order valence-electron chi connectivity index (χ4n) is 1.04. The van der Waals surface area contributed by atoms with E-state index in [9.17, 15) is 13.6 Å². The number of hydrogen-bond donors (Lipinski definition) is 2. The van der Waals surface area contributed by atoms with Gasteiger partial charge in [-0.3, -0.25) is 4.79 Å². The lowest BCUT2D eigenvalue weighted by Gasteiger charge is -2.12. The van der Waals surface area contributed by atoms with Crippen molar-refractivity contribution in [1.29, 1.82) is 0 Å². The topological polar surface area (TPSA) is 64.3 Å². The molecule has 0 spiro atoms. The number of ether oxygens (including phenoxy) is 1. The van der Waals surface area contributed by atoms with Crippen LogP contribution in [0.4, 0.5) is 8.78 Å². The maximum absolute atomic E-state index is 11.7. The molecule has 0 saturated carbocycles. The highest BCUT2D eigenvalue weighted by atomic mass is 32.1. The molecule has 4 nitrogen and oxygen atoms in total. The number of carbonyl (C=O) groups excluding carboxylic acids is 1. The van der Waals surface area contributed by atoms with Crippen molar-refractivity contribution in [3.05, 3.63) is 0 Å². The van der Waals surface area contributed by atoms with E-state index >= 15 is 0 Å². The maximum Gasteiger partial charge on any atom is 0.261 e. The molecular weight excluding hydrogens is 238 g/mol.